The standard InChI is InChI=1S/C23H21N3O3/c24-14-18(23(29)25-12-6-9-17-7-2-1-3-8-17)13-19-15-26(16-22(27)28)21-11-5-4-10-20(19)21/h1-5,7-8,10-11,13,15H,6,9,12,16H2,(H,25,29)(H,27,28)/b18-13-. The summed E-state index contributed by atoms with van der Waals surface area (Å²) in [5.41, 5.74) is 2.56. The molecular weight excluding hydrogens is 366 g/mol. The number of fused-ring (bicyclic) bond motifs is 1. The van der Waals surface area contributed by atoms with Crippen LogP contribution in [0.5, 0.6) is 0 Å². The highest BCUT2D eigenvalue weighted by molar-refractivity contribution is 6.04. The van der Waals surface area contributed by atoms with E-state index in [1.807, 2.05) is 60.7 Å². The average molecular weight is 387 g/mol. The third-order valence-corrected chi connectivity index (χ3v) is 4.56. The highest BCUT2D eigenvalue weighted by Gasteiger charge is 2.13. The molecule has 0 aliphatic rings. The number of hydrogen-bond donors (Lipinski definition) is 2. The molecule has 2 N–H and O–H groups in total. The first-order valence-corrected chi connectivity index (χ1v) is 9.32. The number of carbonyl (C=O) groups excluding carboxylic acids is 1. The molecule has 0 bridgehead atoms. The predicted octanol–water partition coefficient (Wildman–Crippen LogP) is 3.38. The number of nitrogens with zero attached hydrogens (tertiary/aromatic N) is 2. The van der Waals surface area contributed by atoms with Crippen LogP contribution in [0.1, 0.15) is 17.5 Å². The summed E-state index contributed by atoms with van der Waals surface area (Å²) in [6, 6.07) is 19.2. The summed E-state index contributed by atoms with van der Waals surface area (Å²) in [5.74, 6) is -1.39. The van der Waals surface area contributed by atoms with Crippen LogP contribution in [-0.4, -0.2) is 28.1 Å². The van der Waals surface area contributed by atoms with Gasteiger partial charge in [0.2, 0.25) is 0 Å². The Morgan fingerprint density at radius 1 is 1.10 bits per heavy atom. The number of aryl methyl sites for hydroxylation is 1. The first-order chi connectivity index (χ1) is 14.1. The van der Waals surface area contributed by atoms with E-state index in [2.05, 4.69) is 5.32 Å². The second kappa shape index (κ2) is 9.38. The highest BCUT2D eigenvalue weighted by Crippen LogP contribution is 2.23. The maximum Gasteiger partial charge on any atom is 0.323 e. The van der Waals surface area contributed by atoms with Gasteiger partial charge in [-0.15, -0.1) is 0 Å². The van der Waals surface area contributed by atoms with Crippen LogP contribution in [0.2, 0.25) is 0 Å². The minimum Gasteiger partial charge on any atom is -0.480 e. The number of aromatic nitrogens is 1. The molecule has 0 aliphatic carbocycles. The number of carboxylic acid groups (broad SMARTS) is 1. The van der Waals surface area contributed by atoms with Gasteiger partial charge in [0.1, 0.15) is 18.2 Å². The molecular formula is C23H21N3O3. The van der Waals surface area contributed by atoms with E-state index in [0.717, 1.165) is 23.7 Å². The zero-order valence-corrected chi connectivity index (χ0v) is 15.8. The number of nitrogens with one attached hydrogen (secondary N) is 1. The van der Waals surface area contributed by atoms with Crippen LogP contribution in [-0.2, 0) is 22.6 Å². The first-order valence-electron chi connectivity index (χ1n) is 9.32. The Kier molecular flexibility index (Phi) is 6.43. The normalized spacial score (nSPS) is 11.2. The molecule has 2 aromatic carbocycles. The van der Waals surface area contributed by atoms with Crippen LogP contribution < -0.4 is 5.32 Å². The van der Waals surface area contributed by atoms with Gasteiger partial charge in [0.25, 0.3) is 5.91 Å². The number of amides is 1. The van der Waals surface area contributed by atoms with E-state index in [1.54, 1.807) is 10.8 Å². The summed E-state index contributed by atoms with van der Waals surface area (Å²) >= 11 is 0. The molecule has 0 radical (unpaired) electrons. The van der Waals surface area contributed by atoms with Crippen molar-refractivity contribution in [2.45, 2.75) is 19.4 Å². The van der Waals surface area contributed by atoms with E-state index >= 15 is 0 Å². The van der Waals surface area contributed by atoms with Crippen molar-refractivity contribution in [2.24, 2.45) is 0 Å². The van der Waals surface area contributed by atoms with Gasteiger partial charge in [-0.2, -0.15) is 5.26 Å². The third kappa shape index (κ3) is 5.11. The molecule has 1 amide bonds. The molecule has 0 spiro atoms. The summed E-state index contributed by atoms with van der Waals surface area (Å²) in [4.78, 5) is 23.5. The van der Waals surface area contributed by atoms with Crippen molar-refractivity contribution >= 4 is 28.9 Å². The second-order valence-corrected chi connectivity index (χ2v) is 6.64. The molecule has 29 heavy (non-hydrogen) atoms. The Morgan fingerprint density at radius 2 is 1.83 bits per heavy atom. The van der Waals surface area contributed by atoms with Crippen molar-refractivity contribution in [1.82, 2.24) is 9.88 Å². The van der Waals surface area contributed by atoms with E-state index in [0.29, 0.717) is 12.1 Å². The van der Waals surface area contributed by atoms with E-state index < -0.39 is 11.9 Å². The number of benzene rings is 2. The van der Waals surface area contributed by atoms with Gasteiger partial charge in [-0.25, -0.2) is 0 Å². The molecule has 3 aromatic rings. The topological polar surface area (TPSA) is 95.1 Å². The molecule has 0 unspecified atom stereocenters. The largest absolute Gasteiger partial charge is 0.480 e. The zero-order valence-electron chi connectivity index (χ0n) is 15.8. The Bertz CT molecular complexity index is 1090. The van der Waals surface area contributed by atoms with Gasteiger partial charge in [0.15, 0.2) is 0 Å². The molecule has 0 saturated heterocycles. The van der Waals surface area contributed by atoms with Crippen molar-refractivity contribution < 1.29 is 14.7 Å². The van der Waals surface area contributed by atoms with Crippen LogP contribution in [0.3, 0.4) is 0 Å². The molecule has 6 heteroatoms. The monoisotopic (exact) mass is 387 g/mol. The van der Waals surface area contributed by atoms with Gasteiger partial charge in [0, 0.05) is 29.2 Å². The van der Waals surface area contributed by atoms with Crippen molar-refractivity contribution in [3.05, 3.63) is 77.5 Å². The lowest BCUT2D eigenvalue weighted by Gasteiger charge is -2.04. The maximum atomic E-state index is 12.4. The zero-order chi connectivity index (χ0) is 20.6. The lowest BCUT2D eigenvalue weighted by molar-refractivity contribution is -0.137. The minimum atomic E-state index is -0.960. The number of hydrogen-bond acceptors (Lipinski definition) is 3. The molecule has 0 saturated carbocycles. The molecule has 146 valence electrons. The summed E-state index contributed by atoms with van der Waals surface area (Å²) in [6.45, 7) is 0.273. The van der Waals surface area contributed by atoms with Crippen LogP contribution >= 0.6 is 0 Å². The fourth-order valence-electron chi connectivity index (χ4n) is 3.21. The van der Waals surface area contributed by atoms with Gasteiger partial charge in [0.05, 0.1) is 0 Å². The summed E-state index contributed by atoms with van der Waals surface area (Å²) < 4.78 is 1.59. The fourth-order valence-corrected chi connectivity index (χ4v) is 3.21. The average Bonchev–Trinajstić information content (AvgIpc) is 3.07. The van der Waals surface area contributed by atoms with E-state index in [-0.39, 0.29) is 12.1 Å². The van der Waals surface area contributed by atoms with Gasteiger partial charge >= 0.3 is 5.97 Å². The fraction of sp³-hybridized carbons (Fsp3) is 0.174. The van der Waals surface area contributed by atoms with Crippen molar-refractivity contribution in [2.75, 3.05) is 6.54 Å². The van der Waals surface area contributed by atoms with E-state index in [9.17, 15) is 14.9 Å². The van der Waals surface area contributed by atoms with Crippen LogP contribution in [0, 0.1) is 11.3 Å². The molecule has 6 nitrogen and oxygen atoms in total. The molecule has 0 fully saturated rings. The summed E-state index contributed by atoms with van der Waals surface area (Å²) in [5, 5.41) is 22.1. The summed E-state index contributed by atoms with van der Waals surface area (Å²) in [6.07, 6.45) is 4.77. The Labute approximate surface area is 168 Å². The first kappa shape index (κ1) is 19.9. The van der Waals surface area contributed by atoms with E-state index in [4.69, 9.17) is 5.11 Å². The van der Waals surface area contributed by atoms with Crippen LogP contribution in [0.15, 0.2) is 66.4 Å². The minimum absolute atomic E-state index is 0.0112. The molecule has 1 aromatic heterocycles. The maximum absolute atomic E-state index is 12.4. The number of rotatable bonds is 8. The number of para-hydroxylation sites is 1. The van der Waals surface area contributed by atoms with Gasteiger partial charge in [-0.05, 0) is 30.5 Å². The van der Waals surface area contributed by atoms with Crippen LogP contribution in [0.25, 0.3) is 17.0 Å². The Balaban J connectivity index is 1.71. The lowest BCUT2D eigenvalue weighted by atomic mass is 10.1. The van der Waals surface area contributed by atoms with Crippen LogP contribution in [0.4, 0.5) is 0 Å². The van der Waals surface area contributed by atoms with Crippen molar-refractivity contribution in [3.8, 4) is 6.07 Å². The highest BCUT2D eigenvalue weighted by atomic mass is 16.4. The van der Waals surface area contributed by atoms with Gasteiger partial charge in [-0.3, -0.25) is 9.59 Å². The van der Waals surface area contributed by atoms with E-state index in [1.165, 1.54) is 11.6 Å². The SMILES string of the molecule is N#C/C(=C/c1cn(CC(=O)O)c2ccccc12)C(=O)NCCCc1ccccc1. The molecule has 1 heterocycles. The smallest absolute Gasteiger partial charge is 0.323 e. The van der Waals surface area contributed by atoms with Gasteiger partial charge in [-0.1, -0.05) is 48.5 Å². The molecule has 0 aliphatic heterocycles. The number of aliphatic carboxylic acids is 1. The molecule has 0 atom stereocenters. The third-order valence-electron chi connectivity index (χ3n) is 4.56. The summed E-state index contributed by atoms with van der Waals surface area (Å²) in [7, 11) is 0. The number of carbonyl (C=O) groups is 2. The Hall–Kier alpha value is -3.85. The quantitative estimate of drug-likeness (QED) is 0.352. The predicted molar refractivity (Wildman–Crippen MR) is 111 cm³/mol. The Morgan fingerprint density at radius 3 is 2.55 bits per heavy atom. The molecule has 3 rings (SSSR count). The van der Waals surface area contributed by atoms with Crippen molar-refractivity contribution in [3.63, 3.8) is 0 Å². The lowest BCUT2D eigenvalue weighted by Crippen LogP contribution is -2.25. The van der Waals surface area contributed by atoms with Crippen molar-refractivity contribution in [1.29, 1.82) is 5.26 Å². The second-order valence-electron chi connectivity index (χ2n) is 6.64. The number of carboxylic acids is 1. The van der Waals surface area contributed by atoms with Gasteiger partial charge < -0.3 is 15.0 Å². The number of nitriles is 1.